The molecule has 0 aromatic heterocycles. The van der Waals surface area contributed by atoms with Gasteiger partial charge in [-0.25, -0.2) is 0 Å². The normalized spacial score (nSPS) is 18.5. The molecular weight excluding hydrogens is 202 g/mol. The summed E-state index contributed by atoms with van der Waals surface area (Å²) in [7, 11) is 0. The number of halogens is 1. The Kier molecular flexibility index (Phi) is 4.04. The predicted octanol–water partition coefficient (Wildman–Crippen LogP) is 1.60. The third kappa shape index (κ3) is 2.30. The Morgan fingerprint density at radius 3 is 2.71 bits per heavy atom. The Labute approximate surface area is 89.6 Å². The number of rotatable bonds is 2. The molecule has 2 rings (SSSR count). The van der Waals surface area contributed by atoms with Crippen molar-refractivity contribution in [3.63, 3.8) is 0 Å². The first-order valence-electron chi connectivity index (χ1n) is 4.48. The van der Waals surface area contributed by atoms with E-state index in [1.807, 2.05) is 24.3 Å². The number of hydrogen-bond acceptors (Lipinski definition) is 3. The van der Waals surface area contributed by atoms with Crippen molar-refractivity contribution in [3.8, 4) is 11.5 Å². The molecule has 78 valence electrons. The average Bonchev–Trinajstić information content (AvgIpc) is 2.18. The minimum absolute atomic E-state index is 0. The summed E-state index contributed by atoms with van der Waals surface area (Å²) in [6, 6.07) is 7.70. The molecule has 0 aliphatic carbocycles. The highest BCUT2D eigenvalue weighted by atomic mass is 35.5. The summed E-state index contributed by atoms with van der Waals surface area (Å²) >= 11 is 0. The molecule has 0 bridgehead atoms. The number of para-hydroxylation sites is 2. The van der Waals surface area contributed by atoms with Crippen LogP contribution in [0.2, 0.25) is 0 Å². The summed E-state index contributed by atoms with van der Waals surface area (Å²) in [5.74, 6) is 1.66. The Bertz CT molecular complexity index is 293. The smallest absolute Gasteiger partial charge is 0.161 e. The molecule has 14 heavy (non-hydrogen) atoms. The number of hydrogen-bond donors (Lipinski definition) is 1. The third-order valence-electron chi connectivity index (χ3n) is 2.06. The molecule has 1 atom stereocenters. The number of ether oxygens (including phenoxy) is 2. The topological polar surface area (TPSA) is 44.5 Å². The minimum Gasteiger partial charge on any atom is -0.486 e. The van der Waals surface area contributed by atoms with Gasteiger partial charge in [-0.1, -0.05) is 12.1 Å². The van der Waals surface area contributed by atoms with E-state index in [0.29, 0.717) is 13.2 Å². The van der Waals surface area contributed by atoms with Crippen molar-refractivity contribution in [1.82, 2.24) is 0 Å². The van der Waals surface area contributed by atoms with Crippen LogP contribution >= 0.6 is 12.4 Å². The van der Waals surface area contributed by atoms with E-state index < -0.39 is 0 Å². The first-order chi connectivity index (χ1) is 6.40. The van der Waals surface area contributed by atoms with Gasteiger partial charge in [-0.2, -0.15) is 0 Å². The summed E-state index contributed by atoms with van der Waals surface area (Å²) in [4.78, 5) is 0. The molecule has 1 aliphatic heterocycles. The molecule has 1 heterocycles. The second-order valence-electron chi connectivity index (χ2n) is 3.07. The molecule has 1 unspecified atom stereocenters. The maximum Gasteiger partial charge on any atom is 0.161 e. The van der Waals surface area contributed by atoms with E-state index in [9.17, 15) is 0 Å². The lowest BCUT2D eigenvalue weighted by Gasteiger charge is -2.25. The summed E-state index contributed by atoms with van der Waals surface area (Å²) in [5.41, 5.74) is 5.44. The van der Waals surface area contributed by atoms with Gasteiger partial charge in [0.25, 0.3) is 0 Å². The van der Waals surface area contributed by atoms with Gasteiger partial charge < -0.3 is 15.2 Å². The zero-order valence-electron chi connectivity index (χ0n) is 7.81. The van der Waals surface area contributed by atoms with Crippen LogP contribution < -0.4 is 15.2 Å². The summed E-state index contributed by atoms with van der Waals surface area (Å²) in [6.45, 7) is 1.24. The van der Waals surface area contributed by atoms with Gasteiger partial charge in [0, 0.05) is 0 Å². The zero-order chi connectivity index (χ0) is 9.10. The number of fused-ring (bicyclic) bond motifs is 1. The monoisotopic (exact) mass is 215 g/mol. The van der Waals surface area contributed by atoms with Crippen LogP contribution in [-0.2, 0) is 0 Å². The fourth-order valence-corrected chi connectivity index (χ4v) is 1.39. The van der Waals surface area contributed by atoms with Gasteiger partial charge in [-0.15, -0.1) is 12.4 Å². The van der Waals surface area contributed by atoms with Crippen molar-refractivity contribution >= 4 is 12.4 Å². The van der Waals surface area contributed by atoms with Crippen LogP contribution in [0.15, 0.2) is 24.3 Å². The van der Waals surface area contributed by atoms with Crippen LogP contribution in [0.1, 0.15) is 6.42 Å². The van der Waals surface area contributed by atoms with Gasteiger partial charge in [-0.3, -0.25) is 0 Å². The van der Waals surface area contributed by atoms with Crippen LogP contribution in [0.25, 0.3) is 0 Å². The molecule has 0 fully saturated rings. The van der Waals surface area contributed by atoms with Crippen molar-refractivity contribution in [3.05, 3.63) is 24.3 Å². The minimum atomic E-state index is 0. The van der Waals surface area contributed by atoms with Gasteiger partial charge in [0.05, 0.1) is 0 Å². The van der Waals surface area contributed by atoms with Crippen molar-refractivity contribution in [2.75, 3.05) is 13.2 Å². The second-order valence-corrected chi connectivity index (χ2v) is 3.07. The molecule has 3 nitrogen and oxygen atoms in total. The molecule has 1 aliphatic rings. The Morgan fingerprint density at radius 2 is 2.00 bits per heavy atom. The fraction of sp³-hybridized carbons (Fsp3) is 0.400. The van der Waals surface area contributed by atoms with Gasteiger partial charge in [0.15, 0.2) is 11.5 Å². The van der Waals surface area contributed by atoms with Crippen LogP contribution in [0.4, 0.5) is 0 Å². The van der Waals surface area contributed by atoms with Crippen molar-refractivity contribution < 1.29 is 9.47 Å². The molecule has 0 amide bonds. The lowest BCUT2D eigenvalue weighted by Crippen LogP contribution is -2.31. The summed E-state index contributed by atoms with van der Waals surface area (Å²) in [6.07, 6.45) is 0.953. The molecule has 4 heteroatoms. The quantitative estimate of drug-likeness (QED) is 0.815. The Balaban J connectivity index is 0.000000980. The van der Waals surface area contributed by atoms with E-state index in [4.69, 9.17) is 15.2 Å². The first-order valence-corrected chi connectivity index (χ1v) is 4.48. The maximum atomic E-state index is 5.67. The van der Waals surface area contributed by atoms with Crippen molar-refractivity contribution in [2.45, 2.75) is 12.5 Å². The van der Waals surface area contributed by atoms with Crippen molar-refractivity contribution in [2.24, 2.45) is 5.73 Å². The molecule has 2 N–H and O–H groups in total. The fourth-order valence-electron chi connectivity index (χ4n) is 1.39. The lowest BCUT2D eigenvalue weighted by molar-refractivity contribution is 0.0866. The van der Waals surface area contributed by atoms with Crippen LogP contribution in [-0.4, -0.2) is 19.3 Å². The SMILES string of the molecule is Cl.NCCC1COc2ccccc2O1. The molecule has 1 aromatic carbocycles. The van der Waals surface area contributed by atoms with Crippen LogP contribution in [0.3, 0.4) is 0 Å². The van der Waals surface area contributed by atoms with Gasteiger partial charge in [0.1, 0.15) is 12.7 Å². The highest BCUT2D eigenvalue weighted by molar-refractivity contribution is 5.85. The standard InChI is InChI=1S/C10H13NO2.ClH/c11-6-5-8-7-12-9-3-1-2-4-10(9)13-8;/h1-4,8H,5-7,11H2;1H. The molecule has 0 spiro atoms. The van der Waals surface area contributed by atoms with Crippen LogP contribution in [0, 0.1) is 0 Å². The molecule has 0 radical (unpaired) electrons. The summed E-state index contributed by atoms with van der Waals surface area (Å²) < 4.78 is 11.2. The maximum absolute atomic E-state index is 5.67. The van der Waals surface area contributed by atoms with E-state index in [0.717, 1.165) is 17.9 Å². The third-order valence-corrected chi connectivity index (χ3v) is 2.06. The van der Waals surface area contributed by atoms with Gasteiger partial charge >= 0.3 is 0 Å². The summed E-state index contributed by atoms with van der Waals surface area (Å²) in [5, 5.41) is 0. The van der Waals surface area contributed by atoms with E-state index in [-0.39, 0.29) is 18.5 Å². The Morgan fingerprint density at radius 1 is 1.29 bits per heavy atom. The number of benzene rings is 1. The zero-order valence-corrected chi connectivity index (χ0v) is 8.63. The lowest BCUT2D eigenvalue weighted by atomic mass is 10.2. The average molecular weight is 216 g/mol. The van der Waals surface area contributed by atoms with Gasteiger partial charge in [0.2, 0.25) is 0 Å². The first kappa shape index (κ1) is 11.1. The van der Waals surface area contributed by atoms with E-state index in [2.05, 4.69) is 0 Å². The molecule has 0 saturated heterocycles. The molecule has 0 saturated carbocycles. The van der Waals surface area contributed by atoms with Gasteiger partial charge in [-0.05, 0) is 25.1 Å². The Hall–Kier alpha value is -0.930. The van der Waals surface area contributed by atoms with E-state index >= 15 is 0 Å². The van der Waals surface area contributed by atoms with Crippen molar-refractivity contribution in [1.29, 1.82) is 0 Å². The number of nitrogens with two attached hydrogens (primary N) is 1. The van der Waals surface area contributed by atoms with E-state index in [1.54, 1.807) is 0 Å². The predicted molar refractivity (Wildman–Crippen MR) is 57.3 cm³/mol. The largest absolute Gasteiger partial charge is 0.486 e. The molecular formula is C10H14ClNO2. The van der Waals surface area contributed by atoms with E-state index in [1.165, 1.54) is 0 Å². The van der Waals surface area contributed by atoms with Crippen LogP contribution in [0.5, 0.6) is 11.5 Å². The second kappa shape index (κ2) is 5.08. The molecule has 1 aromatic rings. The highest BCUT2D eigenvalue weighted by Gasteiger charge is 2.19. The highest BCUT2D eigenvalue weighted by Crippen LogP contribution is 2.31.